The fraction of sp³-hybridized carbons (Fsp3) is 1.00. The van der Waals surface area contributed by atoms with Crippen LogP contribution >= 0.6 is 15.9 Å². The number of halogens is 1. The average molecular weight is 190 g/mol. The van der Waals surface area contributed by atoms with Crippen LogP contribution in [-0.2, 0) is 0 Å². The lowest BCUT2D eigenvalue weighted by molar-refractivity contribution is 0.583. The Labute approximate surface area is 64.5 Å². The number of nitrogens with zero attached hydrogens (tertiary/aromatic N) is 1. The highest BCUT2D eigenvalue weighted by Gasteiger charge is 2.47. The Morgan fingerprint density at radius 3 is 2.67 bits per heavy atom. The third-order valence-electron chi connectivity index (χ3n) is 2.67. The SMILES string of the molecule is CN1C2CCC(Br)CC21. The van der Waals surface area contributed by atoms with Gasteiger partial charge in [0.15, 0.2) is 0 Å². The zero-order valence-corrected chi connectivity index (χ0v) is 7.26. The van der Waals surface area contributed by atoms with Gasteiger partial charge in [0, 0.05) is 16.9 Å². The predicted molar refractivity (Wildman–Crippen MR) is 41.9 cm³/mol. The van der Waals surface area contributed by atoms with E-state index < -0.39 is 0 Å². The highest BCUT2D eigenvalue weighted by molar-refractivity contribution is 9.09. The van der Waals surface area contributed by atoms with Crippen LogP contribution in [0.3, 0.4) is 0 Å². The third kappa shape index (κ3) is 0.926. The molecule has 2 aliphatic rings. The summed E-state index contributed by atoms with van der Waals surface area (Å²) >= 11 is 3.66. The quantitative estimate of drug-likeness (QED) is 0.414. The van der Waals surface area contributed by atoms with Gasteiger partial charge in [0.05, 0.1) is 0 Å². The smallest absolute Gasteiger partial charge is 0.0262 e. The largest absolute Gasteiger partial charge is 0.297 e. The Morgan fingerprint density at radius 2 is 2.11 bits per heavy atom. The Morgan fingerprint density at radius 1 is 1.33 bits per heavy atom. The van der Waals surface area contributed by atoms with Crippen LogP contribution in [0.15, 0.2) is 0 Å². The molecular formula is C7H12BrN. The van der Waals surface area contributed by atoms with Crippen LogP contribution < -0.4 is 0 Å². The van der Waals surface area contributed by atoms with Gasteiger partial charge in [-0.1, -0.05) is 15.9 Å². The van der Waals surface area contributed by atoms with Crippen molar-refractivity contribution in [1.82, 2.24) is 4.90 Å². The van der Waals surface area contributed by atoms with Gasteiger partial charge in [0.25, 0.3) is 0 Å². The van der Waals surface area contributed by atoms with Gasteiger partial charge in [-0.15, -0.1) is 0 Å². The summed E-state index contributed by atoms with van der Waals surface area (Å²) in [7, 11) is 2.24. The molecule has 9 heavy (non-hydrogen) atoms. The molecule has 0 aromatic heterocycles. The minimum absolute atomic E-state index is 0.809. The summed E-state index contributed by atoms with van der Waals surface area (Å²) < 4.78 is 0. The first-order chi connectivity index (χ1) is 4.29. The molecule has 1 saturated heterocycles. The zero-order chi connectivity index (χ0) is 6.43. The molecule has 4 atom stereocenters. The third-order valence-corrected chi connectivity index (χ3v) is 3.51. The normalized spacial score (nSPS) is 56.7. The van der Waals surface area contributed by atoms with Crippen LogP contribution in [0.4, 0.5) is 0 Å². The molecule has 1 nitrogen and oxygen atoms in total. The summed E-state index contributed by atoms with van der Waals surface area (Å²) in [4.78, 5) is 3.30. The molecule has 2 rings (SSSR count). The lowest BCUT2D eigenvalue weighted by Gasteiger charge is -2.11. The summed E-state index contributed by atoms with van der Waals surface area (Å²) in [5.41, 5.74) is 0. The maximum Gasteiger partial charge on any atom is 0.0262 e. The van der Waals surface area contributed by atoms with E-state index in [1.54, 1.807) is 0 Å². The van der Waals surface area contributed by atoms with Crippen LogP contribution in [0.2, 0.25) is 0 Å². The monoisotopic (exact) mass is 189 g/mol. The van der Waals surface area contributed by atoms with E-state index in [1.807, 2.05) is 0 Å². The van der Waals surface area contributed by atoms with Gasteiger partial charge in [-0.3, -0.25) is 4.90 Å². The Kier molecular flexibility index (Phi) is 1.34. The van der Waals surface area contributed by atoms with E-state index >= 15 is 0 Å². The van der Waals surface area contributed by atoms with E-state index in [4.69, 9.17) is 0 Å². The fourth-order valence-corrected chi connectivity index (χ4v) is 2.57. The maximum atomic E-state index is 3.66. The summed E-state index contributed by atoms with van der Waals surface area (Å²) in [5, 5.41) is 0. The van der Waals surface area contributed by atoms with E-state index in [9.17, 15) is 0 Å². The molecule has 52 valence electrons. The Balaban J connectivity index is 1.96. The van der Waals surface area contributed by atoms with E-state index in [0.717, 1.165) is 16.9 Å². The Bertz CT molecular complexity index is 126. The number of fused-ring (bicyclic) bond motifs is 1. The standard InChI is InChI=1S/C7H12BrN/c1-9-6-3-2-5(8)4-7(6)9/h5-7H,2-4H2,1H3. The summed E-state index contributed by atoms with van der Waals surface area (Å²) in [5.74, 6) is 0. The minimum atomic E-state index is 0.809. The molecule has 0 aromatic carbocycles. The zero-order valence-electron chi connectivity index (χ0n) is 5.68. The van der Waals surface area contributed by atoms with Gasteiger partial charge in [-0.2, -0.15) is 0 Å². The second-order valence-electron chi connectivity index (χ2n) is 3.21. The maximum absolute atomic E-state index is 3.66. The second kappa shape index (κ2) is 1.96. The van der Waals surface area contributed by atoms with Crippen molar-refractivity contribution >= 4 is 15.9 Å². The fourth-order valence-electron chi connectivity index (χ4n) is 1.92. The highest BCUT2D eigenvalue weighted by atomic mass is 79.9. The first-order valence-electron chi connectivity index (χ1n) is 3.65. The average Bonchev–Trinajstić information content (AvgIpc) is 2.43. The van der Waals surface area contributed by atoms with Crippen molar-refractivity contribution in [3.8, 4) is 0 Å². The number of likely N-dealkylation sites (tertiary alicyclic amines) is 1. The molecule has 0 radical (unpaired) electrons. The molecule has 0 aromatic rings. The lowest BCUT2D eigenvalue weighted by atomic mass is 10.0. The lowest BCUT2D eigenvalue weighted by Crippen LogP contribution is -2.11. The van der Waals surface area contributed by atoms with Gasteiger partial charge in [-0.05, 0) is 26.3 Å². The van der Waals surface area contributed by atoms with E-state index in [1.165, 1.54) is 19.3 Å². The van der Waals surface area contributed by atoms with Gasteiger partial charge in [0.1, 0.15) is 0 Å². The molecule has 0 spiro atoms. The van der Waals surface area contributed by atoms with Crippen molar-refractivity contribution < 1.29 is 0 Å². The van der Waals surface area contributed by atoms with Gasteiger partial charge in [0.2, 0.25) is 0 Å². The summed E-state index contributed by atoms with van der Waals surface area (Å²) in [6, 6.07) is 1.89. The molecule has 4 unspecified atom stereocenters. The second-order valence-corrected chi connectivity index (χ2v) is 4.51. The van der Waals surface area contributed by atoms with Gasteiger partial charge >= 0.3 is 0 Å². The van der Waals surface area contributed by atoms with Gasteiger partial charge in [-0.25, -0.2) is 0 Å². The molecule has 2 fully saturated rings. The molecule has 1 heterocycles. The number of hydrogen-bond donors (Lipinski definition) is 0. The van der Waals surface area contributed by atoms with E-state index in [0.29, 0.717) is 0 Å². The summed E-state index contributed by atoms with van der Waals surface area (Å²) in [6.45, 7) is 0. The molecule has 0 amide bonds. The highest BCUT2D eigenvalue weighted by Crippen LogP contribution is 2.40. The number of alkyl halides is 1. The van der Waals surface area contributed by atoms with Crippen LogP contribution in [0.5, 0.6) is 0 Å². The van der Waals surface area contributed by atoms with Crippen molar-refractivity contribution in [1.29, 1.82) is 0 Å². The van der Waals surface area contributed by atoms with Crippen molar-refractivity contribution in [2.75, 3.05) is 7.05 Å². The van der Waals surface area contributed by atoms with Crippen molar-refractivity contribution in [3.05, 3.63) is 0 Å². The predicted octanol–water partition coefficient (Wildman–Crippen LogP) is 1.62. The van der Waals surface area contributed by atoms with Crippen molar-refractivity contribution in [3.63, 3.8) is 0 Å². The molecule has 1 aliphatic carbocycles. The molecule has 0 N–H and O–H groups in total. The van der Waals surface area contributed by atoms with Crippen molar-refractivity contribution in [2.24, 2.45) is 0 Å². The van der Waals surface area contributed by atoms with E-state index in [-0.39, 0.29) is 0 Å². The molecule has 2 heteroatoms. The molecule has 1 aliphatic heterocycles. The summed E-state index contributed by atoms with van der Waals surface area (Å²) in [6.07, 6.45) is 4.17. The first-order valence-corrected chi connectivity index (χ1v) is 4.56. The minimum Gasteiger partial charge on any atom is -0.297 e. The van der Waals surface area contributed by atoms with Crippen LogP contribution in [0.25, 0.3) is 0 Å². The van der Waals surface area contributed by atoms with Crippen LogP contribution in [0, 0.1) is 0 Å². The van der Waals surface area contributed by atoms with Crippen LogP contribution in [0.1, 0.15) is 19.3 Å². The topological polar surface area (TPSA) is 3.01 Å². The first kappa shape index (κ1) is 6.17. The molecule has 0 bridgehead atoms. The van der Waals surface area contributed by atoms with E-state index in [2.05, 4.69) is 27.9 Å². The van der Waals surface area contributed by atoms with Crippen LogP contribution in [-0.4, -0.2) is 28.9 Å². The number of rotatable bonds is 0. The van der Waals surface area contributed by atoms with Crippen molar-refractivity contribution in [2.45, 2.75) is 36.2 Å². The molecule has 1 saturated carbocycles. The number of likely N-dealkylation sites (N-methyl/N-ethyl adjacent to an activating group) is 1. The van der Waals surface area contributed by atoms with Gasteiger partial charge < -0.3 is 0 Å². The Hall–Kier alpha value is 0.440. The molecular weight excluding hydrogens is 178 g/mol. The number of hydrogen-bond acceptors (Lipinski definition) is 1.